The number of unbranched alkanes of at least 4 members (excludes halogenated alkanes) is 2. The van der Waals surface area contributed by atoms with Crippen molar-refractivity contribution in [3.05, 3.63) is 30.3 Å². The summed E-state index contributed by atoms with van der Waals surface area (Å²) in [6.07, 6.45) is 5.63. The predicted octanol–water partition coefficient (Wildman–Crippen LogP) is 3.15. The maximum atomic E-state index is 12.4. The van der Waals surface area contributed by atoms with E-state index in [0.29, 0.717) is 0 Å². The molecule has 1 N–H and O–H groups in total. The highest BCUT2D eigenvalue weighted by Gasteiger charge is 2.25. The number of nitrogens with one attached hydrogen (secondary N) is 1. The van der Waals surface area contributed by atoms with E-state index in [0.717, 1.165) is 51.2 Å². The minimum absolute atomic E-state index is 0.118. The number of methoxy groups -OCH3 is 1. The number of hydrogen-bond donors (Lipinski definition) is 1. The van der Waals surface area contributed by atoms with E-state index >= 15 is 0 Å². The van der Waals surface area contributed by atoms with Crippen LogP contribution in [0.5, 0.6) is 0 Å². The summed E-state index contributed by atoms with van der Waals surface area (Å²) < 4.78 is 5.07. The number of para-hydroxylation sites is 1. The van der Waals surface area contributed by atoms with E-state index in [1.54, 1.807) is 7.11 Å². The molecule has 1 aliphatic rings. The number of carbonyl (C=O) groups is 1. The lowest BCUT2D eigenvalue weighted by Crippen LogP contribution is -2.41. The molecule has 22 heavy (non-hydrogen) atoms. The van der Waals surface area contributed by atoms with Crippen LogP contribution in [0.3, 0.4) is 0 Å². The normalized spacial score (nSPS) is 19.0. The number of piperidine rings is 1. The molecule has 1 aromatic carbocycles. The second-order valence-corrected chi connectivity index (χ2v) is 6.05. The van der Waals surface area contributed by atoms with Crippen molar-refractivity contribution in [2.24, 2.45) is 5.92 Å². The van der Waals surface area contributed by atoms with Crippen molar-refractivity contribution in [1.82, 2.24) is 4.90 Å². The molecule has 0 aromatic heterocycles. The van der Waals surface area contributed by atoms with Gasteiger partial charge in [-0.1, -0.05) is 18.2 Å². The number of carbonyl (C=O) groups excluding carboxylic acids is 1. The second-order valence-electron chi connectivity index (χ2n) is 6.05. The molecule has 0 saturated carbocycles. The highest BCUT2D eigenvalue weighted by molar-refractivity contribution is 5.92. The highest BCUT2D eigenvalue weighted by atomic mass is 16.5. The fourth-order valence-corrected chi connectivity index (χ4v) is 3.00. The fourth-order valence-electron chi connectivity index (χ4n) is 3.00. The van der Waals surface area contributed by atoms with Crippen molar-refractivity contribution in [2.45, 2.75) is 32.1 Å². The Labute approximate surface area is 133 Å². The number of amides is 1. The van der Waals surface area contributed by atoms with Gasteiger partial charge in [0.05, 0.1) is 5.92 Å². The van der Waals surface area contributed by atoms with Crippen LogP contribution in [0, 0.1) is 5.92 Å². The monoisotopic (exact) mass is 304 g/mol. The Kier molecular flexibility index (Phi) is 7.40. The Balaban J connectivity index is 1.71. The van der Waals surface area contributed by atoms with E-state index in [1.165, 1.54) is 12.8 Å². The first-order chi connectivity index (χ1) is 10.8. The lowest BCUT2D eigenvalue weighted by atomic mass is 9.96. The van der Waals surface area contributed by atoms with E-state index in [1.807, 2.05) is 30.3 Å². The van der Waals surface area contributed by atoms with E-state index < -0.39 is 0 Å². The molecular formula is C18H28N2O2. The molecule has 1 amide bonds. The number of likely N-dealkylation sites (tertiary alicyclic amines) is 1. The summed E-state index contributed by atoms with van der Waals surface area (Å²) in [6.45, 7) is 3.96. The molecule has 1 aliphatic heterocycles. The molecule has 1 atom stereocenters. The maximum Gasteiger partial charge on any atom is 0.228 e. The number of ether oxygens (including phenoxy) is 1. The molecule has 2 rings (SSSR count). The number of hydrogen-bond acceptors (Lipinski definition) is 3. The van der Waals surface area contributed by atoms with Crippen molar-refractivity contribution < 1.29 is 9.53 Å². The Morgan fingerprint density at radius 2 is 2.09 bits per heavy atom. The molecule has 122 valence electrons. The van der Waals surface area contributed by atoms with Gasteiger partial charge in [0.15, 0.2) is 0 Å². The highest BCUT2D eigenvalue weighted by Crippen LogP contribution is 2.19. The molecule has 0 aliphatic carbocycles. The van der Waals surface area contributed by atoms with Crippen LogP contribution in [0.2, 0.25) is 0 Å². The lowest BCUT2D eigenvalue weighted by Gasteiger charge is -2.32. The first-order valence-electron chi connectivity index (χ1n) is 8.37. The van der Waals surface area contributed by atoms with E-state index in [2.05, 4.69) is 10.2 Å². The average Bonchev–Trinajstić information content (AvgIpc) is 2.56. The Morgan fingerprint density at radius 3 is 2.86 bits per heavy atom. The summed E-state index contributed by atoms with van der Waals surface area (Å²) in [5.41, 5.74) is 0.893. The summed E-state index contributed by atoms with van der Waals surface area (Å²) in [5.74, 6) is 0.281. The quantitative estimate of drug-likeness (QED) is 0.750. The summed E-state index contributed by atoms with van der Waals surface area (Å²) in [4.78, 5) is 14.8. The molecule has 4 heteroatoms. The van der Waals surface area contributed by atoms with E-state index in [4.69, 9.17) is 4.74 Å². The van der Waals surface area contributed by atoms with Gasteiger partial charge >= 0.3 is 0 Å². The summed E-state index contributed by atoms with van der Waals surface area (Å²) >= 11 is 0. The molecule has 1 saturated heterocycles. The van der Waals surface area contributed by atoms with E-state index in [9.17, 15) is 4.79 Å². The number of anilines is 1. The first kappa shape index (κ1) is 17.0. The molecule has 0 bridgehead atoms. The third kappa shape index (κ3) is 5.78. The summed E-state index contributed by atoms with van der Waals surface area (Å²) in [5, 5.41) is 3.03. The fraction of sp³-hybridized carbons (Fsp3) is 0.611. The van der Waals surface area contributed by atoms with Gasteiger partial charge in [-0.05, 0) is 57.3 Å². The van der Waals surface area contributed by atoms with Crippen LogP contribution in [-0.4, -0.2) is 44.2 Å². The van der Waals surface area contributed by atoms with Crippen LogP contribution in [0.4, 0.5) is 5.69 Å². The zero-order chi connectivity index (χ0) is 15.6. The largest absolute Gasteiger partial charge is 0.385 e. The van der Waals surface area contributed by atoms with Gasteiger partial charge in [0.1, 0.15) is 0 Å². The van der Waals surface area contributed by atoms with Gasteiger partial charge < -0.3 is 15.0 Å². The first-order valence-corrected chi connectivity index (χ1v) is 8.37. The van der Waals surface area contributed by atoms with Crippen LogP contribution >= 0.6 is 0 Å². The van der Waals surface area contributed by atoms with Crippen molar-refractivity contribution >= 4 is 11.6 Å². The Morgan fingerprint density at radius 1 is 1.27 bits per heavy atom. The standard InChI is InChI=1S/C18H28N2O2/c1-22-14-7-3-6-12-20-13-8-9-16(15-20)18(21)19-17-10-4-2-5-11-17/h2,4-5,10-11,16H,3,6-9,12-15H2,1H3,(H,19,21)/t16-/m0/s1. The van der Waals surface area contributed by atoms with Crippen LogP contribution in [0.15, 0.2) is 30.3 Å². The smallest absolute Gasteiger partial charge is 0.228 e. The van der Waals surface area contributed by atoms with Gasteiger partial charge in [-0.15, -0.1) is 0 Å². The molecule has 1 heterocycles. The van der Waals surface area contributed by atoms with Crippen molar-refractivity contribution in [1.29, 1.82) is 0 Å². The third-order valence-corrected chi connectivity index (χ3v) is 4.24. The summed E-state index contributed by atoms with van der Waals surface area (Å²) in [7, 11) is 1.75. The molecule has 1 aromatic rings. The summed E-state index contributed by atoms with van der Waals surface area (Å²) in [6, 6.07) is 9.73. The van der Waals surface area contributed by atoms with Gasteiger partial charge in [-0.25, -0.2) is 0 Å². The van der Waals surface area contributed by atoms with Crippen molar-refractivity contribution in [3.8, 4) is 0 Å². The Hall–Kier alpha value is -1.39. The minimum Gasteiger partial charge on any atom is -0.385 e. The van der Waals surface area contributed by atoms with Gasteiger partial charge in [-0.2, -0.15) is 0 Å². The molecule has 0 radical (unpaired) electrons. The molecule has 1 fully saturated rings. The van der Waals surface area contributed by atoms with Crippen LogP contribution in [-0.2, 0) is 9.53 Å². The average molecular weight is 304 g/mol. The van der Waals surface area contributed by atoms with Crippen molar-refractivity contribution in [2.75, 3.05) is 38.7 Å². The third-order valence-electron chi connectivity index (χ3n) is 4.24. The zero-order valence-corrected chi connectivity index (χ0v) is 13.6. The van der Waals surface area contributed by atoms with Crippen molar-refractivity contribution in [3.63, 3.8) is 0 Å². The topological polar surface area (TPSA) is 41.6 Å². The molecule has 0 spiro atoms. The number of nitrogens with zero attached hydrogens (tertiary/aromatic N) is 1. The van der Waals surface area contributed by atoms with Gasteiger partial charge in [0.2, 0.25) is 5.91 Å². The minimum atomic E-state index is 0.118. The molecule has 4 nitrogen and oxygen atoms in total. The van der Waals surface area contributed by atoms with Gasteiger partial charge in [-0.3, -0.25) is 4.79 Å². The lowest BCUT2D eigenvalue weighted by molar-refractivity contribution is -0.121. The van der Waals surface area contributed by atoms with Gasteiger partial charge in [0.25, 0.3) is 0 Å². The predicted molar refractivity (Wildman–Crippen MR) is 90.0 cm³/mol. The second kappa shape index (κ2) is 9.59. The molecule has 0 unspecified atom stereocenters. The van der Waals surface area contributed by atoms with Crippen LogP contribution < -0.4 is 5.32 Å². The van der Waals surface area contributed by atoms with Crippen LogP contribution in [0.25, 0.3) is 0 Å². The van der Waals surface area contributed by atoms with Crippen LogP contribution in [0.1, 0.15) is 32.1 Å². The maximum absolute atomic E-state index is 12.4. The number of rotatable bonds is 8. The molecular weight excluding hydrogens is 276 g/mol. The Bertz CT molecular complexity index is 436. The van der Waals surface area contributed by atoms with Gasteiger partial charge in [0, 0.05) is 25.9 Å². The van der Waals surface area contributed by atoms with E-state index in [-0.39, 0.29) is 11.8 Å². The number of benzene rings is 1. The SMILES string of the molecule is COCCCCCN1CCC[C@H](C(=O)Nc2ccccc2)C1. The zero-order valence-electron chi connectivity index (χ0n) is 13.6.